The minimum Gasteiger partial charge on any atom is -0.492 e. The Morgan fingerprint density at radius 1 is 0.625 bits per heavy atom. The Labute approximate surface area is 137 Å². The lowest BCUT2D eigenvalue weighted by molar-refractivity contribution is 0.111. The molecule has 0 unspecified atom stereocenters. The summed E-state index contributed by atoms with van der Waals surface area (Å²) >= 11 is 0. The van der Waals surface area contributed by atoms with E-state index in [4.69, 9.17) is 9.47 Å². The first-order valence-electron chi connectivity index (χ1n) is 7.51. The molecule has 0 fully saturated rings. The van der Waals surface area contributed by atoms with Crippen molar-refractivity contribution < 1.29 is 19.1 Å². The van der Waals surface area contributed by atoms with Crippen LogP contribution in [0.3, 0.4) is 0 Å². The molecular weight excluding hydrogens is 304 g/mol. The lowest BCUT2D eigenvalue weighted by atomic mass is 9.89. The Morgan fingerprint density at radius 2 is 1.00 bits per heavy atom. The highest BCUT2D eigenvalue weighted by Crippen LogP contribution is 2.47. The van der Waals surface area contributed by atoms with Crippen molar-refractivity contribution in [3.63, 3.8) is 0 Å². The maximum absolute atomic E-state index is 11.4. The average molecular weight is 318 g/mol. The first-order valence-corrected chi connectivity index (χ1v) is 7.51. The second kappa shape index (κ2) is 5.20. The number of hydrogen-bond donors (Lipinski definition) is 0. The minimum absolute atomic E-state index is 0.606. The molecule has 0 N–H and O–H groups in total. The van der Waals surface area contributed by atoms with Gasteiger partial charge in [0.1, 0.15) is 0 Å². The van der Waals surface area contributed by atoms with Crippen LogP contribution in [0.2, 0.25) is 0 Å². The van der Waals surface area contributed by atoms with Gasteiger partial charge in [0.15, 0.2) is 24.1 Å². The van der Waals surface area contributed by atoms with E-state index < -0.39 is 0 Å². The highest BCUT2D eigenvalue weighted by molar-refractivity contribution is 6.30. The molecule has 0 heterocycles. The lowest BCUT2D eigenvalue weighted by Gasteiger charge is -2.19. The summed E-state index contributed by atoms with van der Waals surface area (Å²) in [6, 6.07) is 11.0. The third-order valence-corrected chi connectivity index (χ3v) is 4.58. The van der Waals surface area contributed by atoms with E-state index in [-0.39, 0.29) is 0 Å². The highest BCUT2D eigenvalue weighted by Gasteiger charge is 2.21. The molecule has 0 bridgehead atoms. The van der Waals surface area contributed by atoms with E-state index in [2.05, 4.69) is 0 Å². The summed E-state index contributed by atoms with van der Waals surface area (Å²) < 4.78 is 11.2. The SMILES string of the molecule is COc1c(OC)c2ccc(C=O)c3ccc4c(C=O)ccc1c4c32. The van der Waals surface area contributed by atoms with E-state index in [1.165, 1.54) is 0 Å². The Hall–Kier alpha value is -3.14. The maximum Gasteiger partial charge on any atom is 0.169 e. The van der Waals surface area contributed by atoms with Crippen LogP contribution in [0.4, 0.5) is 0 Å². The summed E-state index contributed by atoms with van der Waals surface area (Å²) in [6.45, 7) is 0. The van der Waals surface area contributed by atoms with Crippen molar-refractivity contribution in [2.45, 2.75) is 0 Å². The first-order chi connectivity index (χ1) is 11.7. The Kier molecular flexibility index (Phi) is 3.13. The van der Waals surface area contributed by atoms with E-state index in [0.717, 1.165) is 44.9 Å². The summed E-state index contributed by atoms with van der Waals surface area (Å²) in [6.07, 6.45) is 1.69. The molecule has 4 aromatic carbocycles. The molecule has 4 nitrogen and oxygen atoms in total. The van der Waals surface area contributed by atoms with Gasteiger partial charge in [-0.05, 0) is 22.9 Å². The molecule has 4 heteroatoms. The quantitative estimate of drug-likeness (QED) is 0.417. The summed E-state index contributed by atoms with van der Waals surface area (Å²) in [7, 11) is 3.19. The van der Waals surface area contributed by atoms with Crippen LogP contribution in [0.1, 0.15) is 20.7 Å². The predicted molar refractivity (Wildman–Crippen MR) is 94.0 cm³/mol. The molecule has 0 aromatic heterocycles. The van der Waals surface area contributed by atoms with Crippen LogP contribution >= 0.6 is 0 Å². The van der Waals surface area contributed by atoms with Crippen molar-refractivity contribution in [1.29, 1.82) is 0 Å². The van der Waals surface area contributed by atoms with Crippen LogP contribution < -0.4 is 9.47 Å². The number of hydrogen-bond acceptors (Lipinski definition) is 4. The number of ether oxygens (including phenoxy) is 2. The first kappa shape index (κ1) is 14.5. The molecule has 0 aliphatic rings. The zero-order valence-electron chi connectivity index (χ0n) is 13.3. The van der Waals surface area contributed by atoms with Crippen LogP contribution in [-0.2, 0) is 0 Å². The maximum atomic E-state index is 11.4. The van der Waals surface area contributed by atoms with Crippen LogP contribution in [0.5, 0.6) is 11.5 Å². The van der Waals surface area contributed by atoms with E-state index >= 15 is 0 Å². The van der Waals surface area contributed by atoms with Crippen LogP contribution in [0.25, 0.3) is 32.3 Å². The van der Waals surface area contributed by atoms with Gasteiger partial charge >= 0.3 is 0 Å². The second-order valence-electron chi connectivity index (χ2n) is 5.62. The fourth-order valence-electron chi connectivity index (χ4n) is 3.57. The van der Waals surface area contributed by atoms with Gasteiger partial charge in [-0.3, -0.25) is 9.59 Å². The van der Waals surface area contributed by atoms with E-state index in [0.29, 0.717) is 22.6 Å². The number of carbonyl (C=O) groups is 2. The molecule has 0 saturated carbocycles. The van der Waals surface area contributed by atoms with Gasteiger partial charge in [0, 0.05) is 32.7 Å². The number of methoxy groups -OCH3 is 2. The van der Waals surface area contributed by atoms with Gasteiger partial charge in [0.05, 0.1) is 14.2 Å². The van der Waals surface area contributed by atoms with Crippen molar-refractivity contribution in [2.75, 3.05) is 14.2 Å². The summed E-state index contributed by atoms with van der Waals surface area (Å²) in [4.78, 5) is 22.9. The van der Waals surface area contributed by atoms with Gasteiger partial charge in [-0.1, -0.05) is 24.3 Å². The van der Waals surface area contributed by atoms with Gasteiger partial charge < -0.3 is 9.47 Å². The fraction of sp³-hybridized carbons (Fsp3) is 0.100. The van der Waals surface area contributed by atoms with E-state index in [1.807, 2.05) is 24.3 Å². The smallest absolute Gasteiger partial charge is 0.169 e. The molecule has 0 aliphatic heterocycles. The molecule has 0 radical (unpaired) electrons. The van der Waals surface area contributed by atoms with Gasteiger partial charge in [-0.25, -0.2) is 0 Å². The Bertz CT molecular complexity index is 1020. The molecule has 4 rings (SSSR count). The van der Waals surface area contributed by atoms with Gasteiger partial charge in [-0.2, -0.15) is 0 Å². The summed E-state index contributed by atoms with van der Waals surface area (Å²) in [5.74, 6) is 1.25. The molecule has 0 atom stereocenters. The van der Waals surface area contributed by atoms with E-state index in [9.17, 15) is 9.59 Å². The third-order valence-electron chi connectivity index (χ3n) is 4.58. The van der Waals surface area contributed by atoms with Crippen LogP contribution in [-0.4, -0.2) is 26.8 Å². The lowest BCUT2D eigenvalue weighted by Crippen LogP contribution is -1.97. The molecule has 0 amide bonds. The van der Waals surface area contributed by atoms with Crippen molar-refractivity contribution in [3.05, 3.63) is 47.5 Å². The third kappa shape index (κ3) is 1.68. The van der Waals surface area contributed by atoms with Crippen molar-refractivity contribution >= 4 is 44.9 Å². The van der Waals surface area contributed by atoms with Gasteiger partial charge in [-0.15, -0.1) is 0 Å². The zero-order valence-corrected chi connectivity index (χ0v) is 13.3. The summed E-state index contributed by atoms with van der Waals surface area (Å²) in [5, 5.41) is 5.21. The second-order valence-corrected chi connectivity index (χ2v) is 5.62. The molecule has 0 spiro atoms. The number of aldehydes is 2. The molecule has 0 aliphatic carbocycles. The largest absolute Gasteiger partial charge is 0.492 e. The van der Waals surface area contributed by atoms with Crippen molar-refractivity contribution in [1.82, 2.24) is 0 Å². The molecule has 24 heavy (non-hydrogen) atoms. The predicted octanol–water partition coefficient (Wildman–Crippen LogP) is 4.23. The van der Waals surface area contributed by atoms with Gasteiger partial charge in [0.25, 0.3) is 0 Å². The normalized spacial score (nSPS) is 11.2. The number of benzene rings is 4. The van der Waals surface area contributed by atoms with Crippen molar-refractivity contribution in [2.24, 2.45) is 0 Å². The monoisotopic (exact) mass is 318 g/mol. The Balaban J connectivity index is 2.41. The van der Waals surface area contributed by atoms with E-state index in [1.54, 1.807) is 26.4 Å². The minimum atomic E-state index is 0.606. The standard InChI is InChI=1S/C20H14O4/c1-23-19-15-5-3-11(9-21)13-7-8-14-12(10-22)4-6-16(20(19)24-2)18(14)17(13)15/h3-10H,1-2H3. The van der Waals surface area contributed by atoms with Gasteiger partial charge in [0.2, 0.25) is 0 Å². The Morgan fingerprint density at radius 3 is 1.33 bits per heavy atom. The molecule has 118 valence electrons. The van der Waals surface area contributed by atoms with Crippen molar-refractivity contribution in [3.8, 4) is 11.5 Å². The molecule has 4 aromatic rings. The van der Waals surface area contributed by atoms with Crippen LogP contribution in [0, 0.1) is 0 Å². The molecular formula is C20H14O4. The van der Waals surface area contributed by atoms with Crippen LogP contribution in [0.15, 0.2) is 36.4 Å². The molecule has 0 saturated heterocycles. The summed E-state index contributed by atoms with van der Waals surface area (Å²) in [5.41, 5.74) is 1.21. The average Bonchev–Trinajstić information content (AvgIpc) is 2.64. The highest BCUT2D eigenvalue weighted by atomic mass is 16.5. The number of rotatable bonds is 4. The number of carbonyl (C=O) groups excluding carboxylic acids is 2. The fourth-order valence-corrected chi connectivity index (χ4v) is 3.57. The zero-order chi connectivity index (χ0) is 16.8. The topological polar surface area (TPSA) is 52.6 Å².